The summed E-state index contributed by atoms with van der Waals surface area (Å²) in [5, 5.41) is 7.31. The number of benzene rings is 1. The van der Waals surface area contributed by atoms with Gasteiger partial charge in [0.25, 0.3) is 0 Å². The number of aromatic nitrogens is 1. The lowest BCUT2D eigenvalue weighted by atomic mass is 10.2. The van der Waals surface area contributed by atoms with Crippen LogP contribution in [0.3, 0.4) is 0 Å². The third kappa shape index (κ3) is 3.28. The molecule has 2 aromatic rings. The maximum absolute atomic E-state index is 13.1. The van der Waals surface area contributed by atoms with E-state index in [0.29, 0.717) is 23.6 Å². The molecule has 3 N–H and O–H groups in total. The summed E-state index contributed by atoms with van der Waals surface area (Å²) < 4.78 is 18.7. The van der Waals surface area contributed by atoms with Gasteiger partial charge in [0.1, 0.15) is 29.7 Å². The van der Waals surface area contributed by atoms with Crippen LogP contribution in [-0.2, 0) is 6.61 Å². The first-order chi connectivity index (χ1) is 9.06. The highest BCUT2D eigenvalue weighted by atomic mass is 19.1. The molecule has 0 atom stereocenters. The van der Waals surface area contributed by atoms with Gasteiger partial charge in [-0.05, 0) is 48.4 Å². The Labute approximate surface area is 110 Å². The third-order valence-corrected chi connectivity index (χ3v) is 2.64. The van der Waals surface area contributed by atoms with Gasteiger partial charge in [0, 0.05) is 6.20 Å². The van der Waals surface area contributed by atoms with Crippen LogP contribution in [0, 0.1) is 18.2 Å². The van der Waals surface area contributed by atoms with Crippen LogP contribution in [0.5, 0.6) is 5.75 Å². The zero-order valence-corrected chi connectivity index (χ0v) is 10.5. The molecule has 5 heteroatoms. The molecule has 0 fully saturated rings. The van der Waals surface area contributed by atoms with Crippen molar-refractivity contribution in [2.24, 2.45) is 5.73 Å². The lowest BCUT2D eigenvalue weighted by Gasteiger charge is -2.08. The fourth-order valence-corrected chi connectivity index (χ4v) is 1.59. The number of halogens is 1. The first-order valence-electron chi connectivity index (χ1n) is 5.74. The molecule has 19 heavy (non-hydrogen) atoms. The number of aryl methyl sites for hydroxylation is 1. The molecule has 1 heterocycles. The molecule has 0 bridgehead atoms. The largest absolute Gasteiger partial charge is 0.489 e. The van der Waals surface area contributed by atoms with Crippen molar-refractivity contribution in [2.45, 2.75) is 13.5 Å². The van der Waals surface area contributed by atoms with Crippen molar-refractivity contribution in [2.75, 3.05) is 0 Å². The Hall–Kier alpha value is -2.43. The molecule has 2 rings (SSSR count). The summed E-state index contributed by atoms with van der Waals surface area (Å²) in [6.07, 6.45) is 1.57. The Morgan fingerprint density at radius 2 is 2.16 bits per heavy atom. The third-order valence-electron chi connectivity index (χ3n) is 2.64. The summed E-state index contributed by atoms with van der Waals surface area (Å²) in [7, 11) is 0. The molecule has 0 amide bonds. The maximum atomic E-state index is 13.1. The van der Waals surface area contributed by atoms with Crippen LogP contribution in [0.1, 0.15) is 16.8 Å². The number of hydrogen-bond acceptors (Lipinski definition) is 3. The van der Waals surface area contributed by atoms with E-state index in [4.69, 9.17) is 15.9 Å². The van der Waals surface area contributed by atoms with Crippen molar-refractivity contribution in [1.82, 2.24) is 4.98 Å². The maximum Gasteiger partial charge on any atom is 0.141 e. The second-order valence-corrected chi connectivity index (χ2v) is 4.16. The number of nitrogen functional groups attached to an aromatic ring is 1. The van der Waals surface area contributed by atoms with Gasteiger partial charge in [-0.1, -0.05) is 0 Å². The minimum absolute atomic E-state index is 0.0838. The Balaban J connectivity index is 2.07. The second-order valence-electron chi connectivity index (χ2n) is 4.16. The minimum Gasteiger partial charge on any atom is -0.489 e. The van der Waals surface area contributed by atoms with Crippen LogP contribution in [0.4, 0.5) is 4.39 Å². The topological polar surface area (TPSA) is 72.0 Å². The van der Waals surface area contributed by atoms with Crippen LogP contribution in [0.15, 0.2) is 36.5 Å². The number of nitrogens with two attached hydrogens (primary N) is 1. The standard InChI is InChI=1S/C14H14FN3O/c1-9-6-11(2-3-12(9)15)19-8-10-4-5-18-13(7-10)14(16)17/h2-7H,8H2,1H3,(H3,16,17). The van der Waals surface area contributed by atoms with Crippen molar-refractivity contribution < 1.29 is 9.13 Å². The highest BCUT2D eigenvalue weighted by Crippen LogP contribution is 2.17. The van der Waals surface area contributed by atoms with E-state index in [1.807, 2.05) is 0 Å². The fraction of sp³-hybridized carbons (Fsp3) is 0.143. The van der Waals surface area contributed by atoms with E-state index < -0.39 is 0 Å². The average molecular weight is 259 g/mol. The average Bonchev–Trinajstić information content (AvgIpc) is 2.40. The highest BCUT2D eigenvalue weighted by Gasteiger charge is 2.03. The summed E-state index contributed by atoms with van der Waals surface area (Å²) in [6.45, 7) is 2.00. The van der Waals surface area contributed by atoms with E-state index in [1.165, 1.54) is 6.07 Å². The summed E-state index contributed by atoms with van der Waals surface area (Å²) in [4.78, 5) is 3.96. The molecule has 0 spiro atoms. The van der Waals surface area contributed by atoms with Crippen molar-refractivity contribution in [3.05, 3.63) is 59.2 Å². The summed E-state index contributed by atoms with van der Waals surface area (Å²) in [5.41, 5.74) is 7.17. The van der Waals surface area contributed by atoms with Crippen molar-refractivity contribution >= 4 is 5.84 Å². The molecule has 0 saturated heterocycles. The van der Waals surface area contributed by atoms with Gasteiger partial charge < -0.3 is 10.5 Å². The zero-order chi connectivity index (χ0) is 13.8. The van der Waals surface area contributed by atoms with E-state index in [-0.39, 0.29) is 11.7 Å². The minimum atomic E-state index is -0.255. The molecule has 0 aliphatic carbocycles. The Morgan fingerprint density at radius 1 is 1.37 bits per heavy atom. The second kappa shape index (κ2) is 5.48. The van der Waals surface area contributed by atoms with Crippen molar-refractivity contribution in [3.63, 3.8) is 0 Å². The molecule has 98 valence electrons. The van der Waals surface area contributed by atoms with Gasteiger partial charge in [-0.15, -0.1) is 0 Å². The molecular weight excluding hydrogens is 245 g/mol. The van der Waals surface area contributed by atoms with Crippen molar-refractivity contribution in [1.29, 1.82) is 5.41 Å². The number of rotatable bonds is 4. The lowest BCUT2D eigenvalue weighted by molar-refractivity contribution is 0.305. The Kier molecular flexibility index (Phi) is 3.75. The van der Waals surface area contributed by atoms with Crippen LogP contribution in [0.25, 0.3) is 0 Å². The first kappa shape index (κ1) is 13.0. The van der Waals surface area contributed by atoms with Gasteiger partial charge in [-0.3, -0.25) is 10.4 Å². The first-order valence-corrected chi connectivity index (χ1v) is 5.74. The van der Waals surface area contributed by atoms with Gasteiger partial charge >= 0.3 is 0 Å². The molecular formula is C14H14FN3O. The van der Waals surface area contributed by atoms with Gasteiger partial charge in [-0.2, -0.15) is 0 Å². The van der Waals surface area contributed by atoms with Crippen LogP contribution < -0.4 is 10.5 Å². The molecule has 0 saturated carbocycles. The number of nitrogens with one attached hydrogen (secondary N) is 1. The zero-order valence-electron chi connectivity index (χ0n) is 10.5. The number of nitrogens with zero attached hydrogens (tertiary/aromatic N) is 1. The Bertz CT molecular complexity index is 613. The quantitative estimate of drug-likeness (QED) is 0.654. The van der Waals surface area contributed by atoms with Gasteiger partial charge in [0.15, 0.2) is 0 Å². The van der Waals surface area contributed by atoms with Crippen LogP contribution >= 0.6 is 0 Å². The molecule has 0 radical (unpaired) electrons. The molecule has 1 aromatic carbocycles. The normalized spacial score (nSPS) is 10.2. The summed E-state index contributed by atoms with van der Waals surface area (Å²) in [6, 6.07) is 8.07. The van der Waals surface area contributed by atoms with Gasteiger partial charge in [0.2, 0.25) is 0 Å². The van der Waals surface area contributed by atoms with Gasteiger partial charge in [-0.25, -0.2) is 4.39 Å². The monoisotopic (exact) mass is 259 g/mol. The number of amidine groups is 1. The number of hydrogen-bond donors (Lipinski definition) is 2. The lowest BCUT2D eigenvalue weighted by Crippen LogP contribution is -2.13. The highest BCUT2D eigenvalue weighted by molar-refractivity contribution is 5.93. The summed E-state index contributed by atoms with van der Waals surface area (Å²) >= 11 is 0. The molecule has 0 aliphatic rings. The van der Waals surface area contributed by atoms with E-state index in [1.54, 1.807) is 37.4 Å². The van der Waals surface area contributed by atoms with E-state index >= 15 is 0 Å². The predicted molar refractivity (Wildman–Crippen MR) is 70.7 cm³/mol. The van der Waals surface area contributed by atoms with E-state index in [0.717, 1.165) is 5.56 Å². The molecule has 1 aromatic heterocycles. The van der Waals surface area contributed by atoms with E-state index in [9.17, 15) is 4.39 Å². The molecule has 0 aliphatic heterocycles. The van der Waals surface area contributed by atoms with Crippen molar-refractivity contribution in [3.8, 4) is 5.75 Å². The molecule has 0 unspecified atom stereocenters. The van der Waals surface area contributed by atoms with E-state index in [2.05, 4.69) is 4.98 Å². The van der Waals surface area contributed by atoms with Gasteiger partial charge in [0.05, 0.1) is 0 Å². The smallest absolute Gasteiger partial charge is 0.141 e. The summed E-state index contributed by atoms with van der Waals surface area (Å²) in [5.74, 6) is 0.259. The fourth-order valence-electron chi connectivity index (χ4n) is 1.59. The van der Waals surface area contributed by atoms with Crippen LogP contribution in [0.2, 0.25) is 0 Å². The Morgan fingerprint density at radius 3 is 2.84 bits per heavy atom. The van der Waals surface area contributed by atoms with Crippen LogP contribution in [-0.4, -0.2) is 10.8 Å². The number of ether oxygens (including phenoxy) is 1. The SMILES string of the molecule is Cc1cc(OCc2ccnc(C(=N)N)c2)ccc1F. The number of pyridine rings is 1. The molecule has 4 nitrogen and oxygen atoms in total. The predicted octanol–water partition coefficient (Wildman–Crippen LogP) is 2.39.